The van der Waals surface area contributed by atoms with Crippen molar-refractivity contribution >= 4 is 7.82 Å². The molecule has 11 heteroatoms. The zero-order valence-corrected chi connectivity index (χ0v) is 22.9. The Morgan fingerprint density at radius 3 is 1.64 bits per heavy atom. The molecule has 0 aromatic heterocycles. The summed E-state index contributed by atoms with van der Waals surface area (Å²) in [5.41, 5.74) is 0.233. The average Bonchev–Trinajstić information content (AvgIpc) is 2.96. The average molecular weight is 577 g/mol. The van der Waals surface area contributed by atoms with E-state index in [4.69, 9.17) is 24.5 Å². The molecule has 4 rings (SSSR count). The second-order valence-electron chi connectivity index (χ2n) is 9.23. The molecule has 0 aliphatic heterocycles. The first-order valence-corrected chi connectivity index (χ1v) is 13.8. The zero-order chi connectivity index (χ0) is 30.3. The van der Waals surface area contributed by atoms with Crippen LogP contribution in [0.15, 0.2) is 84.9 Å². The first kappa shape index (κ1) is 29.5. The summed E-state index contributed by atoms with van der Waals surface area (Å²) in [6.45, 7) is 1.54. The molecule has 0 aliphatic rings. The normalized spacial score (nSPS) is 12.1. The van der Waals surface area contributed by atoms with Crippen LogP contribution in [0.25, 0.3) is 0 Å². The van der Waals surface area contributed by atoms with Crippen molar-refractivity contribution in [2.75, 3.05) is 0 Å². The summed E-state index contributed by atoms with van der Waals surface area (Å²) >= 11 is 0. The van der Waals surface area contributed by atoms with E-state index in [0.29, 0.717) is 34.1 Å². The van der Waals surface area contributed by atoms with Gasteiger partial charge in [-0.25, -0.2) is 4.57 Å². The number of hydrogen-bond donors (Lipinski definition) is 2. The minimum Gasteiger partial charge on any atom is -0.457 e. The molecule has 1 atom stereocenters. The molecule has 0 bridgehead atoms. The number of nitriles is 4. The third kappa shape index (κ3) is 7.19. The number of ether oxygens (including phenoxy) is 2. The lowest BCUT2D eigenvalue weighted by Gasteiger charge is -2.31. The molecular formula is C31H21N4O6P. The zero-order valence-electron chi connectivity index (χ0n) is 22.1. The van der Waals surface area contributed by atoms with Crippen LogP contribution < -0.4 is 9.47 Å². The second-order valence-corrected chi connectivity index (χ2v) is 10.4. The summed E-state index contributed by atoms with van der Waals surface area (Å²) in [7, 11) is -4.97. The molecule has 4 aromatic carbocycles. The molecule has 0 amide bonds. The van der Waals surface area contributed by atoms with Gasteiger partial charge in [-0.2, -0.15) is 21.0 Å². The SMILES string of the molecule is CC(Cc1cccc(Oc2ccc(C#N)c(C#N)c2)c1)(OP(=O)(O)O)c1cccc(Oc2ccc(C#N)c(C#N)c2)c1. The minimum absolute atomic E-state index is 0.0189. The van der Waals surface area contributed by atoms with Gasteiger partial charge in [-0.3, -0.25) is 4.52 Å². The van der Waals surface area contributed by atoms with Crippen LogP contribution in [0.4, 0.5) is 0 Å². The summed E-state index contributed by atoms with van der Waals surface area (Å²) in [4.78, 5) is 19.5. The third-order valence-electron chi connectivity index (χ3n) is 6.14. The van der Waals surface area contributed by atoms with E-state index < -0.39 is 13.4 Å². The molecule has 0 radical (unpaired) electrons. The Hall–Kier alpha value is -5.45. The highest BCUT2D eigenvalue weighted by atomic mass is 31.2. The van der Waals surface area contributed by atoms with E-state index in [2.05, 4.69) is 0 Å². The topological polar surface area (TPSA) is 180 Å². The van der Waals surface area contributed by atoms with Gasteiger partial charge in [-0.15, -0.1) is 0 Å². The van der Waals surface area contributed by atoms with Crippen LogP contribution in [0.2, 0.25) is 0 Å². The van der Waals surface area contributed by atoms with Crippen molar-refractivity contribution in [1.29, 1.82) is 21.0 Å². The van der Waals surface area contributed by atoms with Crippen LogP contribution in [0.3, 0.4) is 0 Å². The van der Waals surface area contributed by atoms with Gasteiger partial charge in [0, 0.05) is 6.42 Å². The molecular weight excluding hydrogens is 555 g/mol. The summed E-state index contributed by atoms with van der Waals surface area (Å²) in [5, 5.41) is 36.9. The van der Waals surface area contributed by atoms with Crippen molar-refractivity contribution in [3.8, 4) is 47.3 Å². The predicted molar refractivity (Wildman–Crippen MR) is 149 cm³/mol. The molecule has 0 heterocycles. The van der Waals surface area contributed by atoms with E-state index in [1.165, 1.54) is 37.3 Å². The number of rotatable bonds is 9. The van der Waals surface area contributed by atoms with Crippen molar-refractivity contribution in [3.63, 3.8) is 0 Å². The number of hydrogen-bond acceptors (Lipinski definition) is 8. The quantitative estimate of drug-likeness (QED) is 0.214. The van der Waals surface area contributed by atoms with E-state index in [1.807, 2.05) is 24.3 Å². The van der Waals surface area contributed by atoms with Crippen LogP contribution in [0.5, 0.6) is 23.0 Å². The maximum absolute atomic E-state index is 12.0. The molecule has 1 unspecified atom stereocenters. The van der Waals surface area contributed by atoms with Crippen LogP contribution in [0, 0.1) is 45.3 Å². The minimum atomic E-state index is -4.97. The van der Waals surface area contributed by atoms with Gasteiger partial charge in [0.2, 0.25) is 0 Å². The Morgan fingerprint density at radius 2 is 1.14 bits per heavy atom. The van der Waals surface area contributed by atoms with Crippen molar-refractivity contribution < 1.29 is 28.3 Å². The predicted octanol–water partition coefficient (Wildman–Crippen LogP) is 6.33. The lowest BCUT2D eigenvalue weighted by atomic mass is 9.89. The smallest absolute Gasteiger partial charge is 0.457 e. The Morgan fingerprint density at radius 1 is 0.667 bits per heavy atom. The number of phosphoric acid groups is 1. The summed E-state index contributed by atoms with van der Waals surface area (Å²) < 4.78 is 29.1. The van der Waals surface area contributed by atoms with Gasteiger partial charge >= 0.3 is 7.82 Å². The van der Waals surface area contributed by atoms with Gasteiger partial charge in [0.1, 0.15) is 52.9 Å². The van der Waals surface area contributed by atoms with E-state index in [9.17, 15) is 24.9 Å². The maximum atomic E-state index is 12.0. The highest BCUT2D eigenvalue weighted by Crippen LogP contribution is 2.47. The number of nitrogens with zero attached hydrogens (tertiary/aromatic N) is 4. The van der Waals surface area contributed by atoms with Gasteiger partial charge in [0.25, 0.3) is 0 Å². The fraction of sp³-hybridized carbons (Fsp3) is 0.0968. The molecule has 0 fully saturated rings. The van der Waals surface area contributed by atoms with Gasteiger partial charge in [-0.1, -0.05) is 24.3 Å². The molecule has 0 spiro atoms. The molecule has 4 aromatic rings. The Bertz CT molecular complexity index is 1880. The van der Waals surface area contributed by atoms with Crippen molar-refractivity contribution in [1.82, 2.24) is 0 Å². The number of benzene rings is 4. The van der Waals surface area contributed by atoms with Crippen LogP contribution in [-0.2, 0) is 21.1 Å². The Kier molecular flexibility index (Phi) is 8.70. The maximum Gasteiger partial charge on any atom is 0.470 e. The van der Waals surface area contributed by atoms with Gasteiger partial charge in [0.15, 0.2) is 0 Å². The van der Waals surface area contributed by atoms with Gasteiger partial charge in [0.05, 0.1) is 22.3 Å². The fourth-order valence-electron chi connectivity index (χ4n) is 4.27. The largest absolute Gasteiger partial charge is 0.470 e. The summed E-state index contributed by atoms with van der Waals surface area (Å²) in [6.07, 6.45) is 0.0189. The van der Waals surface area contributed by atoms with E-state index in [0.717, 1.165) is 0 Å². The lowest BCUT2D eigenvalue weighted by molar-refractivity contribution is 0.0467. The Labute approximate surface area is 241 Å². The lowest BCUT2D eigenvalue weighted by Crippen LogP contribution is -2.27. The molecule has 0 aliphatic carbocycles. The highest BCUT2D eigenvalue weighted by molar-refractivity contribution is 7.46. The summed E-state index contributed by atoms with van der Waals surface area (Å²) in [6, 6.07) is 30.0. The van der Waals surface area contributed by atoms with Crippen molar-refractivity contribution in [2.45, 2.75) is 18.9 Å². The fourth-order valence-corrected chi connectivity index (χ4v) is 4.97. The van der Waals surface area contributed by atoms with Crippen LogP contribution in [0.1, 0.15) is 40.3 Å². The summed E-state index contributed by atoms with van der Waals surface area (Å²) in [5.74, 6) is 1.34. The first-order chi connectivity index (χ1) is 20.1. The van der Waals surface area contributed by atoms with Gasteiger partial charge in [-0.05, 0) is 78.7 Å². The number of phosphoric ester groups is 1. The second kappa shape index (κ2) is 12.4. The van der Waals surface area contributed by atoms with Crippen molar-refractivity contribution in [2.24, 2.45) is 0 Å². The first-order valence-electron chi connectivity index (χ1n) is 12.3. The van der Waals surface area contributed by atoms with E-state index in [-0.39, 0.29) is 28.7 Å². The molecule has 2 N–H and O–H groups in total. The molecule has 206 valence electrons. The molecule has 0 saturated heterocycles. The molecule has 10 nitrogen and oxygen atoms in total. The molecule has 0 saturated carbocycles. The highest BCUT2D eigenvalue weighted by Gasteiger charge is 2.36. The standard InChI is InChI=1S/C31H21N4O6P/c1-31(41-42(36,37)38,26-5-3-7-28(15-26)40-30-11-9-23(18-33)25(14-30)20-35)16-21-4-2-6-27(12-21)39-29-10-8-22(17-32)24(13-29)19-34/h2-15H,16H2,1H3,(H2,36,37,38). The van der Waals surface area contributed by atoms with Crippen LogP contribution >= 0.6 is 7.82 Å². The molecule has 42 heavy (non-hydrogen) atoms. The van der Waals surface area contributed by atoms with Crippen molar-refractivity contribution in [3.05, 3.63) is 118 Å². The van der Waals surface area contributed by atoms with Crippen LogP contribution in [-0.4, -0.2) is 9.79 Å². The van der Waals surface area contributed by atoms with E-state index >= 15 is 0 Å². The Balaban J connectivity index is 1.63. The monoisotopic (exact) mass is 576 g/mol. The van der Waals surface area contributed by atoms with Gasteiger partial charge < -0.3 is 19.3 Å². The third-order valence-corrected chi connectivity index (χ3v) is 6.78. The van der Waals surface area contributed by atoms with E-state index in [1.54, 1.807) is 54.6 Å².